The van der Waals surface area contributed by atoms with Crippen LogP contribution in [-0.2, 0) is 14.6 Å². The monoisotopic (exact) mass is 327 g/mol. The summed E-state index contributed by atoms with van der Waals surface area (Å²) in [6.45, 7) is 0. The Morgan fingerprint density at radius 2 is 2.18 bits per heavy atom. The van der Waals surface area contributed by atoms with E-state index in [-0.39, 0.29) is 28.3 Å². The van der Waals surface area contributed by atoms with Gasteiger partial charge >= 0.3 is 5.97 Å². The second kappa shape index (κ2) is 4.92. The fourth-order valence-corrected chi connectivity index (χ4v) is 4.40. The van der Waals surface area contributed by atoms with Crippen LogP contribution in [-0.4, -0.2) is 59.0 Å². The van der Waals surface area contributed by atoms with Crippen molar-refractivity contribution in [2.24, 2.45) is 0 Å². The number of hydrogen-bond donors (Lipinski definition) is 2. The number of sulfone groups is 1. The molecule has 3 aliphatic rings. The van der Waals surface area contributed by atoms with E-state index in [9.17, 15) is 23.1 Å². The smallest absolute Gasteiger partial charge is 0.341 e. The van der Waals surface area contributed by atoms with Crippen LogP contribution in [0.3, 0.4) is 0 Å². The van der Waals surface area contributed by atoms with Crippen LogP contribution >= 0.6 is 0 Å². The Labute approximate surface area is 124 Å². The highest BCUT2D eigenvalue weighted by molar-refractivity contribution is 7.91. The highest BCUT2D eigenvalue weighted by Crippen LogP contribution is 2.28. The summed E-state index contributed by atoms with van der Waals surface area (Å²) < 4.78 is 29.3. The number of fused-ring (bicyclic) bond motifs is 1. The number of carbonyl (C=O) groups excluding carboxylic acids is 1. The molecule has 0 aromatic heterocycles. The number of aliphatic hydroxyl groups is 1. The third-order valence-corrected chi connectivity index (χ3v) is 5.36. The molecular formula is C12H13N3O6S. The zero-order valence-corrected chi connectivity index (χ0v) is 12.3. The van der Waals surface area contributed by atoms with Gasteiger partial charge in [0.25, 0.3) is 5.56 Å². The van der Waals surface area contributed by atoms with Crippen LogP contribution in [0.5, 0.6) is 0 Å². The number of methoxy groups -OCH3 is 1. The Bertz CT molecular complexity index is 867. The summed E-state index contributed by atoms with van der Waals surface area (Å²) in [4.78, 5) is 23.6. The standard InChI is InChI=1S/C12H13N3O6S/c1-21-12(18)7-3-15(2-6-10(7)13-14-11(6)17)8-4-22(19,20)5-9(8)16/h2-3,8-9,16H,4-5H2,1H3,(H,14,17)/t8-,9-/m1/s1. The lowest BCUT2D eigenvalue weighted by Crippen LogP contribution is -2.24. The molecule has 118 valence electrons. The predicted molar refractivity (Wildman–Crippen MR) is 74.5 cm³/mol. The summed E-state index contributed by atoms with van der Waals surface area (Å²) in [5, 5.41) is 15.9. The fourth-order valence-electron chi connectivity index (χ4n) is 2.60. The molecule has 2 N–H and O–H groups in total. The van der Waals surface area contributed by atoms with Gasteiger partial charge in [-0.1, -0.05) is 0 Å². The second-order valence-electron chi connectivity index (χ2n) is 5.14. The van der Waals surface area contributed by atoms with E-state index in [2.05, 4.69) is 14.9 Å². The van der Waals surface area contributed by atoms with Gasteiger partial charge in [0.1, 0.15) is 11.3 Å². The molecule has 0 aromatic carbocycles. The molecule has 0 aliphatic carbocycles. The maximum absolute atomic E-state index is 11.8. The first-order valence-electron chi connectivity index (χ1n) is 6.39. The molecule has 3 heterocycles. The van der Waals surface area contributed by atoms with Crippen molar-refractivity contribution in [3.63, 3.8) is 0 Å². The molecular weight excluding hydrogens is 314 g/mol. The minimum Gasteiger partial charge on any atom is -0.465 e. The number of rotatable bonds is 2. The molecule has 0 aromatic rings. The van der Waals surface area contributed by atoms with Crippen LogP contribution in [0.15, 0.2) is 17.2 Å². The van der Waals surface area contributed by atoms with Crippen LogP contribution in [0, 0.1) is 0 Å². The summed E-state index contributed by atoms with van der Waals surface area (Å²) in [5.41, 5.74) is -0.220. The number of carbonyl (C=O) groups is 1. The number of aromatic amines is 1. The Kier molecular flexibility index (Phi) is 3.29. The van der Waals surface area contributed by atoms with E-state index >= 15 is 0 Å². The normalized spacial score (nSPS) is 23.7. The highest BCUT2D eigenvalue weighted by atomic mass is 32.2. The van der Waals surface area contributed by atoms with Crippen molar-refractivity contribution in [2.75, 3.05) is 18.6 Å². The molecule has 1 saturated heterocycles. The number of aliphatic hydroxyl groups excluding tert-OH is 1. The van der Waals surface area contributed by atoms with Crippen LogP contribution < -0.4 is 5.56 Å². The average Bonchev–Trinajstić information content (AvgIpc) is 2.97. The number of nitrogens with one attached hydrogen (secondary N) is 1. The molecule has 22 heavy (non-hydrogen) atoms. The highest BCUT2D eigenvalue weighted by Gasteiger charge is 2.38. The van der Waals surface area contributed by atoms with Crippen molar-refractivity contribution in [2.45, 2.75) is 12.1 Å². The van der Waals surface area contributed by atoms with E-state index in [1.54, 1.807) is 0 Å². The van der Waals surface area contributed by atoms with Crippen molar-refractivity contribution in [3.05, 3.63) is 28.3 Å². The van der Waals surface area contributed by atoms with Gasteiger partial charge in [0.15, 0.2) is 9.84 Å². The van der Waals surface area contributed by atoms with E-state index in [0.717, 1.165) is 0 Å². The zero-order chi connectivity index (χ0) is 16.1. The maximum atomic E-state index is 11.8. The summed E-state index contributed by atoms with van der Waals surface area (Å²) in [6, 6.07) is -0.771. The van der Waals surface area contributed by atoms with Crippen molar-refractivity contribution < 1.29 is 23.1 Å². The average molecular weight is 327 g/mol. The fraction of sp³-hybridized carbons (Fsp3) is 0.417. The largest absolute Gasteiger partial charge is 0.465 e. The Balaban J connectivity index is 2.18. The van der Waals surface area contributed by atoms with E-state index in [0.29, 0.717) is 0 Å². The van der Waals surface area contributed by atoms with Crippen molar-refractivity contribution in [1.29, 1.82) is 0 Å². The van der Waals surface area contributed by atoms with Gasteiger partial charge in [-0.05, 0) is 0 Å². The molecule has 0 unspecified atom stereocenters. The minimum absolute atomic E-state index is 0.0230. The van der Waals surface area contributed by atoms with E-state index in [1.165, 1.54) is 24.1 Å². The molecule has 10 heteroatoms. The third-order valence-electron chi connectivity index (χ3n) is 3.66. The molecule has 0 bridgehead atoms. The number of esters is 1. The van der Waals surface area contributed by atoms with Crippen molar-refractivity contribution >= 4 is 15.8 Å². The number of hydrogen-bond acceptors (Lipinski definition) is 7. The first kappa shape index (κ1) is 14.7. The minimum atomic E-state index is -3.37. The Morgan fingerprint density at radius 3 is 2.77 bits per heavy atom. The molecule has 1 fully saturated rings. The lowest BCUT2D eigenvalue weighted by Gasteiger charge is -2.19. The van der Waals surface area contributed by atoms with Gasteiger partial charge in [0, 0.05) is 12.4 Å². The van der Waals surface area contributed by atoms with Gasteiger partial charge in [0.2, 0.25) is 0 Å². The number of nitrogens with zero attached hydrogens (tertiary/aromatic N) is 2. The molecule has 9 nitrogen and oxygen atoms in total. The zero-order valence-electron chi connectivity index (χ0n) is 11.5. The number of ether oxygens (including phenoxy) is 1. The van der Waals surface area contributed by atoms with Gasteiger partial charge in [-0.25, -0.2) is 18.3 Å². The van der Waals surface area contributed by atoms with E-state index in [1.807, 2.05) is 0 Å². The Morgan fingerprint density at radius 1 is 1.45 bits per heavy atom. The maximum Gasteiger partial charge on any atom is 0.341 e. The Hall–Kier alpha value is -2.20. The molecule has 3 aliphatic heterocycles. The summed E-state index contributed by atoms with van der Waals surface area (Å²) in [7, 11) is -2.18. The molecule has 0 saturated carbocycles. The number of pyridine rings is 1. The molecule has 3 rings (SSSR count). The predicted octanol–water partition coefficient (Wildman–Crippen LogP) is -1.21. The van der Waals surface area contributed by atoms with Crippen LogP contribution in [0.4, 0.5) is 0 Å². The lowest BCUT2D eigenvalue weighted by atomic mass is 10.1. The van der Waals surface area contributed by atoms with Gasteiger partial charge < -0.3 is 14.4 Å². The molecule has 0 spiro atoms. The first-order valence-corrected chi connectivity index (χ1v) is 8.21. The topological polar surface area (TPSA) is 131 Å². The SMILES string of the molecule is COC(=O)c1cn([C@@H]2CS(=O)(=O)C[C@H]2O)cc2c(=O)[nH]nc1-2. The van der Waals surface area contributed by atoms with Crippen LogP contribution in [0.1, 0.15) is 16.4 Å². The third kappa shape index (κ3) is 2.29. The van der Waals surface area contributed by atoms with E-state index in [4.69, 9.17) is 0 Å². The van der Waals surface area contributed by atoms with Crippen LogP contribution in [0.25, 0.3) is 11.3 Å². The summed E-state index contributed by atoms with van der Waals surface area (Å²) in [6.07, 6.45) is 1.60. The second-order valence-corrected chi connectivity index (χ2v) is 7.29. The van der Waals surface area contributed by atoms with E-state index < -0.39 is 33.5 Å². The van der Waals surface area contributed by atoms with Gasteiger partial charge in [-0.3, -0.25) is 4.79 Å². The van der Waals surface area contributed by atoms with Gasteiger partial charge in [-0.2, -0.15) is 5.10 Å². The summed E-state index contributed by atoms with van der Waals surface area (Å²) >= 11 is 0. The van der Waals surface area contributed by atoms with Gasteiger partial charge in [-0.15, -0.1) is 0 Å². The number of H-pyrrole nitrogens is 1. The van der Waals surface area contributed by atoms with Crippen molar-refractivity contribution in [3.8, 4) is 11.3 Å². The number of aromatic nitrogens is 3. The first-order chi connectivity index (χ1) is 10.3. The van der Waals surface area contributed by atoms with Crippen LogP contribution in [0.2, 0.25) is 0 Å². The molecule has 0 amide bonds. The lowest BCUT2D eigenvalue weighted by molar-refractivity contribution is 0.0599. The molecule has 2 atom stereocenters. The van der Waals surface area contributed by atoms with Gasteiger partial charge in [0.05, 0.1) is 36.3 Å². The quantitative estimate of drug-likeness (QED) is 0.662. The van der Waals surface area contributed by atoms with Crippen molar-refractivity contribution in [1.82, 2.24) is 14.8 Å². The molecule has 0 radical (unpaired) electrons. The summed E-state index contributed by atoms with van der Waals surface area (Å²) in [5.74, 6) is -1.33.